The van der Waals surface area contributed by atoms with Crippen molar-refractivity contribution in [2.75, 3.05) is 7.11 Å². The smallest absolute Gasteiger partial charge is 0.221 e. The number of hydrogen-bond acceptors (Lipinski definition) is 4. The van der Waals surface area contributed by atoms with E-state index in [1.165, 1.54) is 0 Å². The number of nitrogens with one attached hydrogen (secondary N) is 1. The first kappa shape index (κ1) is 13.5. The summed E-state index contributed by atoms with van der Waals surface area (Å²) < 4.78 is 5.50. The molecule has 0 radical (unpaired) electrons. The predicted octanol–water partition coefficient (Wildman–Crippen LogP) is 3.70. The fourth-order valence-electron chi connectivity index (χ4n) is 2.68. The van der Waals surface area contributed by atoms with Crippen molar-refractivity contribution in [3.8, 4) is 28.3 Å². The number of fused-ring (bicyclic) bond motifs is 1. The van der Waals surface area contributed by atoms with Crippen LogP contribution in [0.1, 0.15) is 0 Å². The van der Waals surface area contributed by atoms with Gasteiger partial charge in [-0.3, -0.25) is 10.1 Å². The Morgan fingerprint density at radius 2 is 1.83 bits per heavy atom. The molecule has 0 aliphatic carbocycles. The first-order valence-corrected chi connectivity index (χ1v) is 7.25. The highest BCUT2D eigenvalue weighted by Crippen LogP contribution is 2.36. The van der Waals surface area contributed by atoms with Crippen LogP contribution in [0.5, 0.6) is 5.88 Å². The van der Waals surface area contributed by atoms with Gasteiger partial charge in [0.1, 0.15) is 0 Å². The molecule has 23 heavy (non-hydrogen) atoms. The van der Waals surface area contributed by atoms with E-state index in [0.29, 0.717) is 5.88 Å². The summed E-state index contributed by atoms with van der Waals surface area (Å²) in [4.78, 5) is 8.67. The summed E-state index contributed by atoms with van der Waals surface area (Å²) in [7, 11) is 1.63. The molecular formula is C18H14N4O. The molecule has 3 aromatic heterocycles. The second-order valence-corrected chi connectivity index (χ2v) is 5.13. The number of methoxy groups -OCH3 is 1. The van der Waals surface area contributed by atoms with Gasteiger partial charge in [-0.15, -0.1) is 0 Å². The highest BCUT2D eigenvalue weighted by molar-refractivity contribution is 5.90. The van der Waals surface area contributed by atoms with E-state index in [4.69, 9.17) is 4.74 Å². The minimum atomic E-state index is 0.584. The Hall–Kier alpha value is -3.21. The molecule has 0 saturated carbocycles. The first-order valence-electron chi connectivity index (χ1n) is 7.25. The Bertz CT molecular complexity index is 963. The summed E-state index contributed by atoms with van der Waals surface area (Å²) in [5.41, 5.74) is 4.70. The van der Waals surface area contributed by atoms with Gasteiger partial charge in [-0.05, 0) is 24.3 Å². The predicted molar refractivity (Wildman–Crippen MR) is 89.1 cm³/mol. The van der Waals surface area contributed by atoms with Crippen molar-refractivity contribution in [3.63, 3.8) is 0 Å². The number of rotatable bonds is 3. The maximum Gasteiger partial charge on any atom is 0.221 e. The third-order valence-electron chi connectivity index (χ3n) is 3.78. The lowest BCUT2D eigenvalue weighted by atomic mass is 10.0. The normalized spacial score (nSPS) is 10.8. The second-order valence-electron chi connectivity index (χ2n) is 5.13. The Morgan fingerprint density at radius 3 is 2.65 bits per heavy atom. The van der Waals surface area contributed by atoms with E-state index in [-0.39, 0.29) is 0 Å². The maximum absolute atomic E-state index is 5.50. The van der Waals surface area contributed by atoms with Crippen molar-refractivity contribution in [3.05, 3.63) is 61.1 Å². The van der Waals surface area contributed by atoms with E-state index in [0.717, 1.165) is 33.3 Å². The van der Waals surface area contributed by atoms with E-state index in [9.17, 15) is 0 Å². The Morgan fingerprint density at radius 1 is 1.00 bits per heavy atom. The molecule has 0 saturated heterocycles. The monoisotopic (exact) mass is 302 g/mol. The molecule has 112 valence electrons. The lowest BCUT2D eigenvalue weighted by Gasteiger charge is -2.10. The van der Waals surface area contributed by atoms with Crippen molar-refractivity contribution in [2.45, 2.75) is 0 Å². The molecule has 4 aromatic rings. The number of benzene rings is 1. The molecule has 0 spiro atoms. The Balaban J connectivity index is 1.95. The average molecular weight is 302 g/mol. The zero-order valence-electron chi connectivity index (χ0n) is 12.5. The standard InChI is InChI=1S/C18H14N4O/c1-23-18-14(10-13-4-2-3-5-16(13)21-18)15-11-20-22-17(15)12-6-8-19-9-7-12/h2-11H,1H3,(H,20,22). The zero-order valence-corrected chi connectivity index (χ0v) is 12.5. The van der Waals surface area contributed by atoms with Crippen molar-refractivity contribution in [1.29, 1.82) is 0 Å². The molecule has 0 aliphatic rings. The molecule has 0 aliphatic heterocycles. The van der Waals surface area contributed by atoms with Gasteiger partial charge >= 0.3 is 0 Å². The number of hydrogen-bond donors (Lipinski definition) is 1. The molecule has 0 atom stereocenters. The van der Waals surface area contributed by atoms with Crippen LogP contribution >= 0.6 is 0 Å². The van der Waals surface area contributed by atoms with E-state index < -0.39 is 0 Å². The fraction of sp³-hybridized carbons (Fsp3) is 0.0556. The molecule has 0 bridgehead atoms. The molecule has 0 unspecified atom stereocenters. The van der Waals surface area contributed by atoms with Crippen LogP contribution in [0.25, 0.3) is 33.3 Å². The van der Waals surface area contributed by atoms with E-state index >= 15 is 0 Å². The van der Waals surface area contributed by atoms with Gasteiger partial charge in [0.25, 0.3) is 0 Å². The van der Waals surface area contributed by atoms with Crippen LogP contribution in [0.4, 0.5) is 0 Å². The van der Waals surface area contributed by atoms with Crippen LogP contribution in [-0.4, -0.2) is 27.3 Å². The fourth-order valence-corrected chi connectivity index (χ4v) is 2.68. The number of para-hydroxylation sites is 1. The van der Waals surface area contributed by atoms with Gasteiger partial charge in [-0.2, -0.15) is 5.10 Å². The summed E-state index contributed by atoms with van der Waals surface area (Å²) in [5.74, 6) is 0.584. The molecule has 5 nitrogen and oxygen atoms in total. The second kappa shape index (κ2) is 5.53. The van der Waals surface area contributed by atoms with Crippen LogP contribution in [0, 0.1) is 0 Å². The van der Waals surface area contributed by atoms with Crippen molar-refractivity contribution >= 4 is 10.9 Å². The third kappa shape index (κ3) is 2.32. The van der Waals surface area contributed by atoms with Crippen LogP contribution in [0.3, 0.4) is 0 Å². The zero-order chi connectivity index (χ0) is 15.6. The molecule has 0 amide bonds. The number of aromatic amines is 1. The van der Waals surface area contributed by atoms with Gasteiger partial charge in [0.15, 0.2) is 0 Å². The lowest BCUT2D eigenvalue weighted by molar-refractivity contribution is 0.401. The minimum absolute atomic E-state index is 0.584. The van der Waals surface area contributed by atoms with Crippen LogP contribution in [0.2, 0.25) is 0 Å². The summed E-state index contributed by atoms with van der Waals surface area (Å²) in [6.45, 7) is 0. The van der Waals surface area contributed by atoms with Crippen LogP contribution in [-0.2, 0) is 0 Å². The minimum Gasteiger partial charge on any atom is -0.481 e. The van der Waals surface area contributed by atoms with E-state index in [1.807, 2.05) is 36.4 Å². The van der Waals surface area contributed by atoms with Gasteiger partial charge in [0.05, 0.1) is 24.5 Å². The molecule has 1 aromatic carbocycles. The summed E-state index contributed by atoms with van der Waals surface area (Å²) in [6.07, 6.45) is 5.32. The van der Waals surface area contributed by atoms with Crippen molar-refractivity contribution < 1.29 is 4.74 Å². The van der Waals surface area contributed by atoms with E-state index in [2.05, 4.69) is 26.2 Å². The topological polar surface area (TPSA) is 63.7 Å². The maximum atomic E-state index is 5.50. The van der Waals surface area contributed by atoms with Gasteiger partial charge < -0.3 is 4.74 Å². The quantitative estimate of drug-likeness (QED) is 0.627. The largest absolute Gasteiger partial charge is 0.481 e. The Kier molecular flexibility index (Phi) is 3.24. The number of H-pyrrole nitrogens is 1. The first-order chi connectivity index (χ1) is 11.4. The molecule has 4 rings (SSSR count). The Labute approximate surface area is 133 Å². The van der Waals surface area contributed by atoms with Gasteiger partial charge in [0.2, 0.25) is 5.88 Å². The van der Waals surface area contributed by atoms with Gasteiger partial charge in [-0.25, -0.2) is 4.98 Å². The van der Waals surface area contributed by atoms with Crippen molar-refractivity contribution in [2.24, 2.45) is 0 Å². The molecular weight excluding hydrogens is 288 g/mol. The highest BCUT2D eigenvalue weighted by Gasteiger charge is 2.16. The molecule has 5 heteroatoms. The molecule has 0 fully saturated rings. The summed E-state index contributed by atoms with van der Waals surface area (Å²) in [6, 6.07) is 13.9. The number of ether oxygens (including phenoxy) is 1. The summed E-state index contributed by atoms with van der Waals surface area (Å²) >= 11 is 0. The average Bonchev–Trinajstić information content (AvgIpc) is 3.11. The van der Waals surface area contributed by atoms with Gasteiger partial charge in [-0.1, -0.05) is 18.2 Å². The lowest BCUT2D eigenvalue weighted by Crippen LogP contribution is -1.93. The number of aromatic nitrogens is 4. The molecule has 3 heterocycles. The number of pyridine rings is 2. The number of nitrogens with zero attached hydrogens (tertiary/aromatic N) is 3. The van der Waals surface area contributed by atoms with E-state index in [1.54, 1.807) is 25.7 Å². The van der Waals surface area contributed by atoms with Crippen LogP contribution in [0.15, 0.2) is 61.1 Å². The highest BCUT2D eigenvalue weighted by atomic mass is 16.5. The van der Waals surface area contributed by atoms with Crippen LogP contribution < -0.4 is 4.74 Å². The summed E-state index contributed by atoms with van der Waals surface area (Å²) in [5, 5.41) is 8.32. The SMILES string of the molecule is COc1nc2ccccc2cc1-c1cn[nH]c1-c1ccncc1. The third-order valence-corrected chi connectivity index (χ3v) is 3.78. The molecule has 1 N–H and O–H groups in total. The van der Waals surface area contributed by atoms with Crippen molar-refractivity contribution in [1.82, 2.24) is 20.2 Å². The van der Waals surface area contributed by atoms with Gasteiger partial charge in [0, 0.05) is 34.5 Å².